The molecular weight excluding hydrogens is 1170 g/mol. The number of fused-ring (bicyclic) bond motifs is 4. The third kappa shape index (κ3) is 11.6. The molecule has 0 fully saturated rings. The van der Waals surface area contributed by atoms with Crippen LogP contribution < -0.4 is 14.5 Å². The summed E-state index contributed by atoms with van der Waals surface area (Å²) in [5.41, 5.74) is 16.1. The standard InChI is InChI=1S/C74H83N4O.CH3.Pt/c1-68(2,3)50-34-35-75-66(41-50)78-62-33-27-26-32-58(62)67-61(72(13,14)15)43-57(44-65(67)78)79-56-40-51(69(4,5)6)37-55(42-56)77-47-76(63-45-59(70(7,8)9)60(46-64(63)77)71(10,11)12)54-38-52(73(16,17)48-28-22-20-23-29-48)36-53(39-54)74(18,19)49-30-24-21-25-31-49;;/h20-41,43,45-47H,1-19H3;1H3;/q-3;-1;+4. The molecule has 1 aliphatic heterocycles. The van der Waals surface area contributed by atoms with Crippen LogP contribution in [-0.2, 0) is 59.0 Å². The molecule has 9 aromatic rings. The first kappa shape index (κ1) is 60.7. The van der Waals surface area contributed by atoms with E-state index in [1.54, 1.807) is 0 Å². The van der Waals surface area contributed by atoms with Crippen LogP contribution in [0.25, 0.3) is 27.6 Å². The molecule has 3 heterocycles. The Labute approximate surface area is 501 Å². The van der Waals surface area contributed by atoms with Gasteiger partial charge in [0.15, 0.2) is 0 Å². The summed E-state index contributed by atoms with van der Waals surface area (Å²) in [7, 11) is 0. The maximum Gasteiger partial charge on any atom is 4.00 e. The summed E-state index contributed by atoms with van der Waals surface area (Å²) in [4.78, 5) is 9.82. The third-order valence-corrected chi connectivity index (χ3v) is 16.6. The first-order valence-corrected chi connectivity index (χ1v) is 28.4. The van der Waals surface area contributed by atoms with Crippen LogP contribution in [0.3, 0.4) is 0 Å². The molecule has 0 atom stereocenters. The van der Waals surface area contributed by atoms with Crippen molar-refractivity contribution in [2.24, 2.45) is 0 Å². The van der Waals surface area contributed by atoms with E-state index >= 15 is 0 Å². The molecule has 5 nitrogen and oxygen atoms in total. The number of ether oxygens (including phenoxy) is 1. The molecule has 0 radical (unpaired) electrons. The number of hydrogen-bond acceptors (Lipinski definition) is 4. The molecule has 10 rings (SSSR count). The van der Waals surface area contributed by atoms with Gasteiger partial charge in [0.2, 0.25) is 0 Å². The molecule has 0 aliphatic carbocycles. The first-order valence-electron chi connectivity index (χ1n) is 28.4. The minimum absolute atomic E-state index is 0. The fourth-order valence-electron chi connectivity index (χ4n) is 11.5. The van der Waals surface area contributed by atoms with Crippen molar-refractivity contribution in [2.45, 2.75) is 169 Å². The van der Waals surface area contributed by atoms with Crippen molar-refractivity contribution in [3.8, 4) is 17.3 Å². The smallest absolute Gasteiger partial charge is 0.509 e. The van der Waals surface area contributed by atoms with Gasteiger partial charge in [-0.2, -0.15) is 0 Å². The minimum Gasteiger partial charge on any atom is -0.509 e. The first-order chi connectivity index (χ1) is 36.8. The Kier molecular flexibility index (Phi) is 16.0. The van der Waals surface area contributed by atoms with E-state index in [1.807, 2.05) is 6.20 Å². The zero-order chi connectivity index (χ0) is 57.0. The van der Waals surface area contributed by atoms with Gasteiger partial charge in [-0.1, -0.05) is 227 Å². The second kappa shape index (κ2) is 21.4. The zero-order valence-corrected chi connectivity index (χ0v) is 54.3. The average Bonchev–Trinajstić information content (AvgIpc) is 3.98. The summed E-state index contributed by atoms with van der Waals surface area (Å²) in [6, 6.07) is 61.6. The van der Waals surface area contributed by atoms with E-state index in [4.69, 9.17) is 9.72 Å². The molecule has 81 heavy (non-hydrogen) atoms. The van der Waals surface area contributed by atoms with Crippen molar-refractivity contribution in [2.75, 3.05) is 9.80 Å². The van der Waals surface area contributed by atoms with Gasteiger partial charge < -0.3 is 26.5 Å². The summed E-state index contributed by atoms with van der Waals surface area (Å²) < 4.78 is 9.53. The number of aromatic nitrogens is 2. The van der Waals surface area contributed by atoms with Gasteiger partial charge in [-0.15, -0.1) is 53.8 Å². The second-order valence-corrected chi connectivity index (χ2v) is 28.5. The minimum atomic E-state index is -0.303. The Hall–Kier alpha value is -6.42. The average molecular weight is 1250 g/mol. The molecule has 0 N–H and O–H groups in total. The van der Waals surface area contributed by atoms with Crippen LogP contribution in [0.4, 0.5) is 22.7 Å². The normalized spacial score (nSPS) is 13.6. The van der Waals surface area contributed by atoms with Crippen LogP contribution in [0.2, 0.25) is 0 Å². The molecule has 0 amide bonds. The van der Waals surface area contributed by atoms with E-state index in [2.05, 4.69) is 310 Å². The third-order valence-electron chi connectivity index (χ3n) is 16.6. The Bertz CT molecular complexity index is 3680. The van der Waals surface area contributed by atoms with Crippen LogP contribution >= 0.6 is 0 Å². The molecule has 0 saturated heterocycles. The van der Waals surface area contributed by atoms with E-state index in [1.165, 1.54) is 49.9 Å². The summed E-state index contributed by atoms with van der Waals surface area (Å²) in [5, 5.41) is 2.32. The van der Waals surface area contributed by atoms with Crippen molar-refractivity contribution in [1.29, 1.82) is 0 Å². The van der Waals surface area contributed by atoms with Crippen LogP contribution in [-0.4, -0.2) is 9.55 Å². The predicted molar refractivity (Wildman–Crippen MR) is 341 cm³/mol. The maximum atomic E-state index is 7.26. The number of pyridine rings is 1. The number of anilines is 4. The second-order valence-electron chi connectivity index (χ2n) is 28.5. The summed E-state index contributed by atoms with van der Waals surface area (Å²) in [6.45, 7) is 46.2. The van der Waals surface area contributed by atoms with Crippen molar-refractivity contribution < 1.29 is 25.8 Å². The predicted octanol–water partition coefficient (Wildman–Crippen LogP) is 20.6. The maximum absolute atomic E-state index is 7.26. The molecule has 0 unspecified atom stereocenters. The van der Waals surface area contributed by atoms with Gasteiger partial charge in [-0.25, -0.2) is 4.98 Å². The molecular formula is C75H86N4OPt. The van der Waals surface area contributed by atoms with Crippen molar-refractivity contribution in [3.05, 3.63) is 228 Å². The molecule has 0 saturated carbocycles. The monoisotopic (exact) mass is 1250 g/mol. The van der Waals surface area contributed by atoms with Crippen LogP contribution in [0.5, 0.6) is 11.5 Å². The molecule has 0 spiro atoms. The van der Waals surface area contributed by atoms with Crippen LogP contribution in [0.15, 0.2) is 152 Å². The Morgan fingerprint density at radius 2 is 0.926 bits per heavy atom. The van der Waals surface area contributed by atoms with Gasteiger partial charge in [0, 0.05) is 51.1 Å². The van der Waals surface area contributed by atoms with Gasteiger partial charge in [-0.05, 0) is 114 Å². The SMILES string of the molecule is CC(C)(C)c1cc(Oc2[c-]c3c(c(C(C)(C)C)c2)c2ccccc2n3-c2cc(C(C)(C)C)ccn2)[c-]c(N2[CH-]N(c3cc(C(C)(C)c4ccccc4)cc(C(C)(C)c4ccccc4)c3)c3cc(C(C)(C)C)c(C(C)(C)C)cc32)c1.[CH3-].[Pt+4]. The fourth-order valence-corrected chi connectivity index (χ4v) is 11.5. The topological polar surface area (TPSA) is 33.5 Å². The number of para-hydroxylation sites is 1. The number of hydrogen-bond donors (Lipinski definition) is 0. The number of nitrogens with zero attached hydrogens (tertiary/aromatic N) is 4. The van der Waals surface area contributed by atoms with Gasteiger partial charge in [0.05, 0.1) is 0 Å². The van der Waals surface area contributed by atoms with E-state index < -0.39 is 0 Å². The molecule has 2 aromatic heterocycles. The molecule has 0 bridgehead atoms. The van der Waals surface area contributed by atoms with Crippen molar-refractivity contribution in [3.63, 3.8) is 0 Å². The van der Waals surface area contributed by atoms with Crippen LogP contribution in [0, 0.1) is 26.2 Å². The van der Waals surface area contributed by atoms with Gasteiger partial charge in [0.1, 0.15) is 5.82 Å². The summed E-state index contributed by atoms with van der Waals surface area (Å²) in [5.74, 6) is 2.12. The largest absolute Gasteiger partial charge is 4.00 e. The van der Waals surface area contributed by atoms with E-state index in [-0.39, 0.29) is 66.4 Å². The van der Waals surface area contributed by atoms with E-state index in [0.717, 1.165) is 50.6 Å². The zero-order valence-electron chi connectivity index (χ0n) is 52.0. The van der Waals surface area contributed by atoms with Gasteiger partial charge in [-0.3, -0.25) is 0 Å². The number of benzene rings is 7. The molecule has 7 aromatic carbocycles. The fraction of sp³-hybridized carbons (Fsp3) is 0.347. The van der Waals surface area contributed by atoms with Crippen LogP contribution in [0.1, 0.15) is 182 Å². The molecule has 6 heteroatoms. The Morgan fingerprint density at radius 1 is 0.432 bits per heavy atom. The van der Waals surface area contributed by atoms with Gasteiger partial charge >= 0.3 is 21.1 Å². The molecule has 1 aliphatic rings. The number of rotatable bonds is 9. The van der Waals surface area contributed by atoms with Crippen molar-refractivity contribution in [1.82, 2.24) is 9.55 Å². The van der Waals surface area contributed by atoms with E-state index in [0.29, 0.717) is 11.5 Å². The van der Waals surface area contributed by atoms with Gasteiger partial charge in [0.25, 0.3) is 0 Å². The summed E-state index contributed by atoms with van der Waals surface area (Å²) >= 11 is 0. The quantitative estimate of drug-likeness (QED) is 0.135. The molecule has 422 valence electrons. The van der Waals surface area contributed by atoms with E-state index in [9.17, 15) is 0 Å². The summed E-state index contributed by atoms with van der Waals surface area (Å²) in [6.07, 6.45) is 1.94. The van der Waals surface area contributed by atoms with Crippen molar-refractivity contribution >= 4 is 44.6 Å². The Morgan fingerprint density at radius 3 is 1.44 bits per heavy atom. The Balaban J connectivity index is 0.00000430.